The van der Waals surface area contributed by atoms with E-state index in [0.29, 0.717) is 12.8 Å². The minimum Gasteiger partial charge on any atom is -0.387 e. The second-order valence-corrected chi connectivity index (χ2v) is 13.1. The number of Topliss-reactive ketones (excluding diaryl/α,β-unsaturated/α-hetero) is 1. The van der Waals surface area contributed by atoms with E-state index in [1.54, 1.807) is 0 Å². The first kappa shape index (κ1) is 35.7. The Morgan fingerprint density at radius 3 is 1.47 bits per heavy atom. The van der Waals surface area contributed by atoms with Gasteiger partial charge in [-0.1, -0.05) is 171 Å². The van der Waals surface area contributed by atoms with Gasteiger partial charge in [-0.2, -0.15) is 0 Å². The summed E-state index contributed by atoms with van der Waals surface area (Å²) in [6.45, 7) is 4.44. The Hall–Kier alpha value is -0.360. The maximum absolute atomic E-state index is 13.1. The lowest BCUT2D eigenvalue weighted by molar-refractivity contribution is -0.164. The number of halogens is 3. The van der Waals surface area contributed by atoms with Crippen LogP contribution in [0.2, 0.25) is 0 Å². The van der Waals surface area contributed by atoms with E-state index in [1.165, 1.54) is 83.5 Å². The zero-order valence-electron chi connectivity index (χ0n) is 23.8. The number of alkyl halides is 3. The van der Waals surface area contributed by atoms with Gasteiger partial charge in [-0.15, -0.1) is 0 Å². The molecule has 0 saturated carbocycles. The highest BCUT2D eigenvalue weighted by molar-refractivity contribution is 6.75. The van der Waals surface area contributed by atoms with Crippen LogP contribution in [0.3, 0.4) is 0 Å². The molecule has 0 bridgehead atoms. The zero-order chi connectivity index (χ0) is 28.3. The van der Waals surface area contributed by atoms with E-state index in [9.17, 15) is 14.4 Å². The number of epoxide rings is 1. The summed E-state index contributed by atoms with van der Waals surface area (Å²) in [7, 11) is 0. The predicted octanol–water partition coefficient (Wildman–Crippen LogP) is 9.76. The van der Waals surface area contributed by atoms with Crippen molar-refractivity contribution >= 4 is 52.5 Å². The molecule has 5 nitrogen and oxygen atoms in total. The van der Waals surface area contributed by atoms with Gasteiger partial charge in [0.15, 0.2) is 5.78 Å². The number of unbranched alkanes of at least 4 members (excludes halogenated alkanes) is 18. The van der Waals surface area contributed by atoms with Crippen LogP contribution in [-0.4, -0.2) is 33.2 Å². The van der Waals surface area contributed by atoms with Gasteiger partial charge in [0.25, 0.3) is 9.39 Å². The van der Waals surface area contributed by atoms with E-state index in [4.69, 9.17) is 44.3 Å². The highest BCUT2D eigenvalue weighted by Gasteiger charge is 2.68. The molecule has 0 aliphatic carbocycles. The van der Waals surface area contributed by atoms with Crippen molar-refractivity contribution in [2.75, 3.05) is 0 Å². The number of carbonyl (C=O) groups is 3. The van der Waals surface area contributed by atoms with Crippen LogP contribution in [-0.2, 0) is 23.9 Å². The van der Waals surface area contributed by atoms with Crippen molar-refractivity contribution in [2.45, 2.75) is 171 Å². The minimum absolute atomic E-state index is 0.211. The van der Waals surface area contributed by atoms with Crippen molar-refractivity contribution in [3.05, 3.63) is 0 Å². The third kappa shape index (κ3) is 14.3. The van der Waals surface area contributed by atoms with Crippen LogP contribution in [0.15, 0.2) is 0 Å². The molecule has 38 heavy (non-hydrogen) atoms. The number of hydrogen-bond donors (Lipinski definition) is 0. The maximum atomic E-state index is 13.1. The SMILES string of the molecule is CCCCCCCCCCCCCC(=O)C1(C(=O)OC(=O)C(Cl)(Cl)Cl)OC1CCCCCCCCCCC. The smallest absolute Gasteiger partial charge is 0.366 e. The molecule has 222 valence electrons. The van der Waals surface area contributed by atoms with Crippen LogP contribution in [0.1, 0.15) is 155 Å². The summed E-state index contributed by atoms with van der Waals surface area (Å²) in [6.07, 6.45) is 23.6. The van der Waals surface area contributed by atoms with Gasteiger partial charge in [-0.3, -0.25) is 4.79 Å². The Morgan fingerprint density at radius 2 is 1.05 bits per heavy atom. The first-order valence-corrected chi connectivity index (χ1v) is 16.4. The maximum Gasteiger partial charge on any atom is 0.366 e. The molecule has 0 amide bonds. The molecule has 1 fully saturated rings. The molecule has 0 aromatic heterocycles. The lowest BCUT2D eigenvalue weighted by atomic mass is 9.92. The fraction of sp³-hybridized carbons (Fsp3) is 0.900. The van der Waals surface area contributed by atoms with Gasteiger partial charge in [0.05, 0.1) is 0 Å². The average Bonchev–Trinajstić information content (AvgIpc) is 3.61. The van der Waals surface area contributed by atoms with Crippen LogP contribution in [0.5, 0.6) is 0 Å². The van der Waals surface area contributed by atoms with Crippen molar-refractivity contribution in [1.29, 1.82) is 0 Å². The Bertz CT molecular complexity index is 679. The second-order valence-electron chi connectivity index (χ2n) is 10.8. The van der Waals surface area contributed by atoms with Gasteiger partial charge in [-0.05, 0) is 12.8 Å². The van der Waals surface area contributed by atoms with Crippen LogP contribution in [0.4, 0.5) is 0 Å². The number of ether oxygens (including phenoxy) is 2. The lowest BCUT2D eigenvalue weighted by Gasteiger charge is -2.14. The molecule has 1 aliphatic rings. The van der Waals surface area contributed by atoms with Gasteiger partial charge < -0.3 is 9.47 Å². The van der Waals surface area contributed by atoms with E-state index in [0.717, 1.165) is 38.5 Å². The van der Waals surface area contributed by atoms with E-state index >= 15 is 0 Å². The summed E-state index contributed by atoms with van der Waals surface area (Å²) in [6, 6.07) is 0. The molecule has 1 heterocycles. The summed E-state index contributed by atoms with van der Waals surface area (Å²) < 4.78 is 8.04. The molecule has 0 spiro atoms. The zero-order valence-corrected chi connectivity index (χ0v) is 26.1. The van der Waals surface area contributed by atoms with Crippen molar-refractivity contribution < 1.29 is 23.9 Å². The Morgan fingerprint density at radius 1 is 0.658 bits per heavy atom. The normalized spacial score (nSPS) is 18.9. The number of rotatable bonds is 24. The molecule has 0 N–H and O–H groups in total. The summed E-state index contributed by atoms with van der Waals surface area (Å²) in [4.78, 5) is 37.9. The number of hydrogen-bond acceptors (Lipinski definition) is 5. The molecule has 1 saturated heterocycles. The van der Waals surface area contributed by atoms with Crippen LogP contribution >= 0.6 is 34.8 Å². The third-order valence-corrected chi connectivity index (χ3v) is 7.90. The van der Waals surface area contributed by atoms with Crippen molar-refractivity contribution in [1.82, 2.24) is 0 Å². The quantitative estimate of drug-likeness (QED) is 0.0364. The first-order valence-electron chi connectivity index (χ1n) is 15.2. The molecule has 8 heteroatoms. The largest absolute Gasteiger partial charge is 0.387 e. The van der Waals surface area contributed by atoms with Gasteiger partial charge in [-0.25, -0.2) is 9.59 Å². The topological polar surface area (TPSA) is 73.0 Å². The summed E-state index contributed by atoms with van der Waals surface area (Å²) in [5, 5.41) is 0. The van der Waals surface area contributed by atoms with Crippen molar-refractivity contribution in [2.24, 2.45) is 0 Å². The Balaban J connectivity index is 2.41. The number of esters is 2. The molecule has 1 rings (SSSR count). The van der Waals surface area contributed by atoms with Crippen LogP contribution in [0, 0.1) is 0 Å². The second kappa shape index (κ2) is 20.5. The highest BCUT2D eigenvalue weighted by Crippen LogP contribution is 2.44. The monoisotopic (exact) mass is 596 g/mol. The van der Waals surface area contributed by atoms with E-state index in [2.05, 4.69) is 13.8 Å². The molecular formula is C30H51Cl3O5. The average molecular weight is 598 g/mol. The van der Waals surface area contributed by atoms with E-state index in [1.807, 2.05) is 0 Å². The number of ketones is 1. The van der Waals surface area contributed by atoms with Gasteiger partial charge in [0, 0.05) is 6.42 Å². The Kier molecular flexibility index (Phi) is 19.2. The van der Waals surface area contributed by atoms with Crippen molar-refractivity contribution in [3.8, 4) is 0 Å². The van der Waals surface area contributed by atoms with E-state index < -0.39 is 27.4 Å². The molecule has 0 aromatic carbocycles. The Labute approximate surface area is 246 Å². The molecule has 1 aliphatic heterocycles. The number of carbonyl (C=O) groups excluding carboxylic acids is 3. The molecule has 2 atom stereocenters. The lowest BCUT2D eigenvalue weighted by Crippen LogP contribution is -2.41. The van der Waals surface area contributed by atoms with E-state index in [-0.39, 0.29) is 12.2 Å². The van der Waals surface area contributed by atoms with Crippen LogP contribution < -0.4 is 0 Å². The summed E-state index contributed by atoms with van der Waals surface area (Å²) >= 11 is 16.7. The summed E-state index contributed by atoms with van der Waals surface area (Å²) in [5.74, 6) is -2.70. The van der Waals surface area contributed by atoms with Gasteiger partial charge in [0.2, 0.25) is 0 Å². The minimum atomic E-state index is -2.39. The van der Waals surface area contributed by atoms with Gasteiger partial charge >= 0.3 is 11.9 Å². The van der Waals surface area contributed by atoms with Gasteiger partial charge in [0.1, 0.15) is 6.10 Å². The first-order chi connectivity index (χ1) is 18.2. The van der Waals surface area contributed by atoms with Crippen molar-refractivity contribution in [3.63, 3.8) is 0 Å². The fourth-order valence-corrected chi connectivity index (χ4v) is 5.10. The standard InChI is InChI=1S/C30H51Cl3O5/c1-3-5-7-9-11-13-14-16-17-19-21-23-25(34)29(27(35)37-28(36)30(31,32)33)26(38-29)24-22-20-18-15-12-10-8-6-4-2/h26H,3-24H2,1-2H3. The highest BCUT2D eigenvalue weighted by atomic mass is 35.6. The molecular weight excluding hydrogens is 547 g/mol. The third-order valence-electron chi connectivity index (χ3n) is 7.44. The molecule has 0 aromatic rings. The predicted molar refractivity (Wildman–Crippen MR) is 157 cm³/mol. The molecule has 2 unspecified atom stereocenters. The summed E-state index contributed by atoms with van der Waals surface area (Å²) in [5.41, 5.74) is -1.73. The van der Waals surface area contributed by atoms with Crippen LogP contribution in [0.25, 0.3) is 0 Å². The fourth-order valence-electron chi connectivity index (χ4n) is 4.98. The molecule has 0 radical (unpaired) electrons.